The zero-order valence-electron chi connectivity index (χ0n) is 11.3. The van der Waals surface area contributed by atoms with E-state index in [9.17, 15) is 8.42 Å². The van der Waals surface area contributed by atoms with Crippen LogP contribution >= 0.6 is 0 Å². The van der Waals surface area contributed by atoms with Crippen LogP contribution in [0.2, 0.25) is 0 Å². The molecule has 1 fully saturated rings. The first kappa shape index (κ1) is 14.1. The molecule has 1 aromatic rings. The summed E-state index contributed by atoms with van der Waals surface area (Å²) in [5.74, 6) is 0.540. The van der Waals surface area contributed by atoms with Crippen molar-refractivity contribution in [3.8, 4) is 6.07 Å². The Kier molecular flexibility index (Phi) is 3.97. The average molecular weight is 281 g/mol. The lowest BCUT2D eigenvalue weighted by Gasteiger charge is -2.23. The third-order valence-corrected chi connectivity index (χ3v) is 5.62. The van der Waals surface area contributed by atoms with Crippen molar-refractivity contribution >= 4 is 9.84 Å². The molecule has 0 radical (unpaired) electrons. The third-order valence-electron chi connectivity index (χ3n) is 3.80. The van der Waals surface area contributed by atoms with E-state index in [1.54, 1.807) is 0 Å². The molecule has 1 saturated heterocycles. The molecule has 0 aliphatic carbocycles. The van der Waals surface area contributed by atoms with Gasteiger partial charge in [-0.05, 0) is 31.4 Å². The Balaban J connectivity index is 2.02. The maximum absolute atomic E-state index is 11.6. The minimum absolute atomic E-state index is 0.0314. The Labute approximate surface area is 114 Å². The van der Waals surface area contributed by atoms with Crippen molar-refractivity contribution < 1.29 is 8.42 Å². The molecule has 1 aliphatic rings. The lowest BCUT2D eigenvalue weighted by atomic mass is 10.1. The van der Waals surface area contributed by atoms with Gasteiger partial charge >= 0.3 is 0 Å². The van der Waals surface area contributed by atoms with E-state index in [1.165, 1.54) is 0 Å². The van der Waals surface area contributed by atoms with Gasteiger partial charge in [0.1, 0.15) is 11.8 Å². The molecule has 1 aromatic heterocycles. The summed E-state index contributed by atoms with van der Waals surface area (Å²) in [6.45, 7) is 2.58. The first-order valence-electron chi connectivity index (χ1n) is 6.42. The molecule has 0 bridgehead atoms. The molecular formula is C13H19N3O2S. The molecule has 1 unspecified atom stereocenters. The smallest absolute Gasteiger partial charge is 0.151 e. The lowest BCUT2D eigenvalue weighted by molar-refractivity contribution is 0.479. The number of hydrogen-bond acceptors (Lipinski definition) is 4. The minimum atomic E-state index is -2.87. The molecule has 1 N–H and O–H groups in total. The SMILES string of the molecule is Cc1c(CNC2CCCS(=O)(=O)C2)cc(C#N)n1C. The van der Waals surface area contributed by atoms with Gasteiger partial charge in [0.2, 0.25) is 0 Å². The Morgan fingerprint density at radius 1 is 1.58 bits per heavy atom. The standard InChI is InChI=1S/C13H19N3O2S/c1-10-11(6-13(7-14)16(10)2)8-15-12-4-3-5-19(17,18)9-12/h6,12,15H,3-5,8-9H2,1-2H3. The molecule has 0 saturated carbocycles. The highest BCUT2D eigenvalue weighted by atomic mass is 32.2. The van der Waals surface area contributed by atoms with Gasteiger partial charge in [0.25, 0.3) is 0 Å². The van der Waals surface area contributed by atoms with Crippen molar-refractivity contribution in [3.05, 3.63) is 23.0 Å². The van der Waals surface area contributed by atoms with Crippen LogP contribution in [0.3, 0.4) is 0 Å². The fourth-order valence-electron chi connectivity index (χ4n) is 2.49. The first-order valence-corrected chi connectivity index (χ1v) is 8.24. The number of sulfone groups is 1. The van der Waals surface area contributed by atoms with Crippen LogP contribution in [0.1, 0.15) is 29.8 Å². The van der Waals surface area contributed by atoms with Gasteiger partial charge in [0.15, 0.2) is 9.84 Å². The summed E-state index contributed by atoms with van der Waals surface area (Å²) >= 11 is 0. The Bertz CT molecular complexity index is 611. The molecule has 2 rings (SSSR count). The first-order chi connectivity index (χ1) is 8.93. The monoisotopic (exact) mass is 281 g/mol. The summed E-state index contributed by atoms with van der Waals surface area (Å²) in [5.41, 5.74) is 2.73. The van der Waals surface area contributed by atoms with Crippen LogP contribution in [0.5, 0.6) is 0 Å². The van der Waals surface area contributed by atoms with E-state index < -0.39 is 9.84 Å². The van der Waals surface area contributed by atoms with Crippen LogP contribution in [-0.2, 0) is 23.4 Å². The van der Waals surface area contributed by atoms with E-state index in [-0.39, 0.29) is 11.8 Å². The van der Waals surface area contributed by atoms with Crippen LogP contribution < -0.4 is 5.32 Å². The van der Waals surface area contributed by atoms with E-state index in [0.29, 0.717) is 18.0 Å². The highest BCUT2D eigenvalue weighted by Gasteiger charge is 2.24. The summed E-state index contributed by atoms with van der Waals surface area (Å²) in [5, 5.41) is 12.3. The highest BCUT2D eigenvalue weighted by molar-refractivity contribution is 7.91. The van der Waals surface area contributed by atoms with Gasteiger partial charge in [-0.3, -0.25) is 0 Å². The quantitative estimate of drug-likeness (QED) is 0.892. The van der Waals surface area contributed by atoms with Crippen molar-refractivity contribution in [2.45, 2.75) is 32.4 Å². The van der Waals surface area contributed by atoms with Gasteiger partial charge < -0.3 is 9.88 Å². The topological polar surface area (TPSA) is 74.9 Å². The number of rotatable bonds is 3. The Hall–Kier alpha value is -1.32. The van der Waals surface area contributed by atoms with Crippen LogP contribution in [0.15, 0.2) is 6.07 Å². The van der Waals surface area contributed by atoms with Crippen molar-refractivity contribution in [2.24, 2.45) is 7.05 Å². The van der Waals surface area contributed by atoms with Crippen LogP contribution in [0.4, 0.5) is 0 Å². The molecule has 5 nitrogen and oxygen atoms in total. The molecule has 1 aliphatic heterocycles. The van der Waals surface area contributed by atoms with Crippen LogP contribution in [0, 0.1) is 18.3 Å². The van der Waals surface area contributed by atoms with Crippen LogP contribution in [0.25, 0.3) is 0 Å². The number of nitrogens with zero attached hydrogens (tertiary/aromatic N) is 2. The van der Waals surface area contributed by atoms with E-state index in [4.69, 9.17) is 5.26 Å². The van der Waals surface area contributed by atoms with Gasteiger partial charge in [0, 0.05) is 25.3 Å². The average Bonchev–Trinajstić information content (AvgIpc) is 2.62. The zero-order chi connectivity index (χ0) is 14.0. The number of hydrogen-bond donors (Lipinski definition) is 1. The predicted octanol–water partition coefficient (Wildman–Crippen LogP) is 0.872. The number of aromatic nitrogens is 1. The van der Waals surface area contributed by atoms with Crippen molar-refractivity contribution in [1.29, 1.82) is 5.26 Å². The second-order valence-corrected chi connectivity index (χ2v) is 7.37. The van der Waals surface area contributed by atoms with Gasteiger partial charge in [0.05, 0.1) is 11.5 Å². The predicted molar refractivity (Wildman–Crippen MR) is 73.4 cm³/mol. The summed E-state index contributed by atoms with van der Waals surface area (Å²) < 4.78 is 25.0. The fourth-order valence-corrected chi connectivity index (χ4v) is 4.16. The van der Waals surface area contributed by atoms with Crippen LogP contribution in [-0.4, -0.2) is 30.5 Å². The van der Waals surface area contributed by atoms with Crippen molar-refractivity contribution in [3.63, 3.8) is 0 Å². The van der Waals surface area contributed by atoms with Gasteiger partial charge in [-0.1, -0.05) is 0 Å². The molecule has 104 valence electrons. The van der Waals surface area contributed by atoms with E-state index in [1.807, 2.05) is 24.6 Å². The molecular weight excluding hydrogens is 262 g/mol. The third kappa shape index (κ3) is 3.17. The molecule has 0 spiro atoms. The minimum Gasteiger partial charge on any atom is -0.340 e. The molecule has 6 heteroatoms. The van der Waals surface area contributed by atoms with E-state index in [0.717, 1.165) is 24.1 Å². The highest BCUT2D eigenvalue weighted by Crippen LogP contribution is 2.16. The van der Waals surface area contributed by atoms with E-state index >= 15 is 0 Å². The lowest BCUT2D eigenvalue weighted by Crippen LogP contribution is -2.39. The maximum atomic E-state index is 11.6. The summed E-state index contributed by atoms with van der Waals surface area (Å²) in [6, 6.07) is 4.04. The summed E-state index contributed by atoms with van der Waals surface area (Å²) in [4.78, 5) is 0. The second kappa shape index (κ2) is 5.35. The molecule has 0 amide bonds. The Morgan fingerprint density at radius 3 is 2.89 bits per heavy atom. The normalized spacial score (nSPS) is 22.1. The van der Waals surface area contributed by atoms with E-state index in [2.05, 4.69) is 11.4 Å². The number of nitriles is 1. The molecule has 2 heterocycles. The zero-order valence-corrected chi connectivity index (χ0v) is 12.1. The fraction of sp³-hybridized carbons (Fsp3) is 0.615. The molecule has 0 aromatic carbocycles. The van der Waals surface area contributed by atoms with Gasteiger partial charge in [-0.2, -0.15) is 5.26 Å². The second-order valence-electron chi connectivity index (χ2n) is 5.15. The summed E-state index contributed by atoms with van der Waals surface area (Å²) in [7, 11) is -1.01. The Morgan fingerprint density at radius 2 is 2.32 bits per heavy atom. The van der Waals surface area contributed by atoms with Crippen molar-refractivity contribution in [1.82, 2.24) is 9.88 Å². The molecule has 1 atom stereocenters. The summed E-state index contributed by atoms with van der Waals surface area (Å²) in [6.07, 6.45) is 1.63. The van der Waals surface area contributed by atoms with Crippen molar-refractivity contribution in [2.75, 3.05) is 11.5 Å². The van der Waals surface area contributed by atoms with Gasteiger partial charge in [-0.25, -0.2) is 8.42 Å². The molecule has 19 heavy (non-hydrogen) atoms. The van der Waals surface area contributed by atoms with Gasteiger partial charge in [-0.15, -0.1) is 0 Å². The number of nitrogens with one attached hydrogen (secondary N) is 1. The maximum Gasteiger partial charge on any atom is 0.151 e. The largest absolute Gasteiger partial charge is 0.340 e.